The van der Waals surface area contributed by atoms with Crippen molar-refractivity contribution in [3.63, 3.8) is 0 Å². The molecule has 2 saturated heterocycles. The average molecular weight is 212 g/mol. The van der Waals surface area contributed by atoms with Gasteiger partial charge in [0, 0.05) is 19.2 Å². The molecule has 2 unspecified atom stereocenters. The molecule has 2 N–H and O–H groups in total. The van der Waals surface area contributed by atoms with Crippen LogP contribution in [-0.2, 0) is 4.74 Å². The Morgan fingerprint density at radius 2 is 2.20 bits per heavy atom. The highest BCUT2D eigenvalue weighted by Crippen LogP contribution is 2.20. The Morgan fingerprint density at radius 3 is 2.93 bits per heavy atom. The molecule has 3 heteroatoms. The third kappa shape index (κ3) is 3.16. The first-order chi connectivity index (χ1) is 7.40. The monoisotopic (exact) mass is 212 g/mol. The van der Waals surface area contributed by atoms with Crippen molar-refractivity contribution in [2.45, 2.75) is 50.7 Å². The third-order valence-electron chi connectivity index (χ3n) is 3.77. The second-order valence-electron chi connectivity index (χ2n) is 4.84. The summed E-state index contributed by atoms with van der Waals surface area (Å²) >= 11 is 0. The van der Waals surface area contributed by atoms with Crippen LogP contribution in [0.3, 0.4) is 0 Å². The molecular formula is C12H24N2O. The van der Waals surface area contributed by atoms with Crippen LogP contribution in [0.5, 0.6) is 0 Å². The Morgan fingerprint density at radius 1 is 1.27 bits per heavy atom. The fraction of sp³-hybridized carbons (Fsp3) is 1.00. The van der Waals surface area contributed by atoms with E-state index in [9.17, 15) is 0 Å². The molecule has 2 heterocycles. The van der Waals surface area contributed by atoms with Crippen LogP contribution in [0.4, 0.5) is 0 Å². The van der Waals surface area contributed by atoms with Crippen LogP contribution in [0.25, 0.3) is 0 Å². The summed E-state index contributed by atoms with van der Waals surface area (Å²) in [5.74, 6) is 0. The number of nitrogens with two attached hydrogens (primary N) is 1. The minimum absolute atomic E-state index is 0.559. The zero-order chi connectivity index (χ0) is 10.5. The summed E-state index contributed by atoms with van der Waals surface area (Å²) in [5.41, 5.74) is 5.75. The Kier molecular flexibility index (Phi) is 4.42. The van der Waals surface area contributed by atoms with Gasteiger partial charge in [-0.2, -0.15) is 0 Å². The third-order valence-corrected chi connectivity index (χ3v) is 3.77. The first-order valence-electron chi connectivity index (χ1n) is 6.46. The molecule has 0 aromatic heterocycles. The second-order valence-corrected chi connectivity index (χ2v) is 4.84. The van der Waals surface area contributed by atoms with Gasteiger partial charge in [-0.25, -0.2) is 0 Å². The molecule has 0 bridgehead atoms. The van der Waals surface area contributed by atoms with Crippen molar-refractivity contribution in [1.29, 1.82) is 0 Å². The van der Waals surface area contributed by atoms with Crippen LogP contribution in [0, 0.1) is 0 Å². The van der Waals surface area contributed by atoms with E-state index in [1.54, 1.807) is 0 Å². The molecular weight excluding hydrogens is 188 g/mol. The van der Waals surface area contributed by atoms with Gasteiger partial charge in [0.1, 0.15) is 0 Å². The van der Waals surface area contributed by atoms with Gasteiger partial charge >= 0.3 is 0 Å². The van der Waals surface area contributed by atoms with Gasteiger partial charge in [-0.05, 0) is 51.6 Å². The van der Waals surface area contributed by atoms with E-state index in [1.165, 1.54) is 51.6 Å². The van der Waals surface area contributed by atoms with E-state index in [4.69, 9.17) is 10.5 Å². The number of hydrogen-bond acceptors (Lipinski definition) is 3. The van der Waals surface area contributed by atoms with Gasteiger partial charge in [0.15, 0.2) is 0 Å². The summed E-state index contributed by atoms with van der Waals surface area (Å²) in [6.45, 7) is 4.30. The molecule has 0 aliphatic carbocycles. The Bertz CT molecular complexity index is 180. The molecule has 2 rings (SSSR count). The van der Waals surface area contributed by atoms with Crippen molar-refractivity contribution in [3.05, 3.63) is 0 Å². The summed E-state index contributed by atoms with van der Waals surface area (Å²) in [4.78, 5) is 2.56. The first kappa shape index (κ1) is 11.4. The largest absolute Gasteiger partial charge is 0.378 e. The minimum atomic E-state index is 0.559. The number of nitrogens with zero attached hydrogens (tertiary/aromatic N) is 1. The van der Waals surface area contributed by atoms with Crippen LogP contribution < -0.4 is 5.73 Å². The zero-order valence-electron chi connectivity index (χ0n) is 9.66. The Labute approximate surface area is 93.0 Å². The number of rotatable bonds is 5. The van der Waals surface area contributed by atoms with Crippen molar-refractivity contribution in [2.75, 3.05) is 26.2 Å². The first-order valence-corrected chi connectivity index (χ1v) is 6.46. The summed E-state index contributed by atoms with van der Waals surface area (Å²) in [6.07, 6.45) is 8.26. The van der Waals surface area contributed by atoms with Crippen LogP contribution >= 0.6 is 0 Å². The maximum absolute atomic E-state index is 5.75. The summed E-state index contributed by atoms with van der Waals surface area (Å²) < 4.78 is 5.63. The maximum atomic E-state index is 5.75. The molecule has 0 spiro atoms. The predicted octanol–water partition coefficient (Wildman–Crippen LogP) is 1.37. The molecule has 0 amide bonds. The molecule has 2 aliphatic rings. The maximum Gasteiger partial charge on any atom is 0.0576 e. The summed E-state index contributed by atoms with van der Waals surface area (Å²) in [6, 6.07) is 0.662. The Balaban J connectivity index is 1.60. The van der Waals surface area contributed by atoms with E-state index in [0.29, 0.717) is 12.1 Å². The molecule has 2 aliphatic heterocycles. The van der Waals surface area contributed by atoms with E-state index in [1.807, 2.05) is 0 Å². The van der Waals surface area contributed by atoms with Gasteiger partial charge in [-0.15, -0.1) is 0 Å². The second kappa shape index (κ2) is 5.83. The van der Waals surface area contributed by atoms with Gasteiger partial charge in [0.2, 0.25) is 0 Å². The summed E-state index contributed by atoms with van der Waals surface area (Å²) in [7, 11) is 0. The topological polar surface area (TPSA) is 38.5 Å². The fourth-order valence-corrected chi connectivity index (χ4v) is 2.85. The molecule has 0 saturated carbocycles. The lowest BCUT2D eigenvalue weighted by Gasteiger charge is -2.23. The van der Waals surface area contributed by atoms with Crippen molar-refractivity contribution in [3.8, 4) is 0 Å². The lowest BCUT2D eigenvalue weighted by molar-refractivity contribution is 0.0982. The summed E-state index contributed by atoms with van der Waals surface area (Å²) in [5, 5.41) is 0. The van der Waals surface area contributed by atoms with Gasteiger partial charge in [0.25, 0.3) is 0 Å². The lowest BCUT2D eigenvalue weighted by Crippen LogP contribution is -2.36. The van der Waals surface area contributed by atoms with Gasteiger partial charge in [-0.3, -0.25) is 4.90 Å². The quantitative estimate of drug-likeness (QED) is 0.748. The number of likely N-dealkylation sites (tertiary alicyclic amines) is 1. The van der Waals surface area contributed by atoms with Crippen LogP contribution in [0.15, 0.2) is 0 Å². The van der Waals surface area contributed by atoms with Crippen molar-refractivity contribution in [1.82, 2.24) is 4.90 Å². The highest BCUT2D eigenvalue weighted by Gasteiger charge is 2.23. The standard InChI is InChI=1S/C12H24N2O/c13-10-11-4-1-7-14(11)8-2-5-12-6-3-9-15-12/h11-12H,1-10,13H2. The minimum Gasteiger partial charge on any atom is -0.378 e. The van der Waals surface area contributed by atoms with E-state index in [2.05, 4.69) is 4.90 Å². The van der Waals surface area contributed by atoms with Crippen LogP contribution in [0.2, 0.25) is 0 Å². The van der Waals surface area contributed by atoms with E-state index in [0.717, 1.165) is 13.2 Å². The van der Waals surface area contributed by atoms with Gasteiger partial charge in [-0.1, -0.05) is 0 Å². The fourth-order valence-electron chi connectivity index (χ4n) is 2.85. The van der Waals surface area contributed by atoms with Crippen molar-refractivity contribution < 1.29 is 4.74 Å². The normalized spacial score (nSPS) is 32.6. The lowest BCUT2D eigenvalue weighted by atomic mass is 10.1. The van der Waals surface area contributed by atoms with Gasteiger partial charge < -0.3 is 10.5 Å². The zero-order valence-corrected chi connectivity index (χ0v) is 9.66. The number of ether oxygens (including phenoxy) is 1. The smallest absolute Gasteiger partial charge is 0.0576 e. The van der Waals surface area contributed by atoms with E-state index in [-0.39, 0.29) is 0 Å². The van der Waals surface area contributed by atoms with Gasteiger partial charge in [0.05, 0.1) is 6.10 Å². The molecule has 2 atom stereocenters. The Hall–Kier alpha value is -0.120. The van der Waals surface area contributed by atoms with Crippen molar-refractivity contribution >= 4 is 0 Å². The molecule has 0 radical (unpaired) electrons. The molecule has 2 fully saturated rings. The average Bonchev–Trinajstić information content (AvgIpc) is 2.88. The van der Waals surface area contributed by atoms with Crippen molar-refractivity contribution in [2.24, 2.45) is 5.73 Å². The van der Waals surface area contributed by atoms with Crippen LogP contribution in [0.1, 0.15) is 38.5 Å². The number of hydrogen-bond donors (Lipinski definition) is 1. The molecule has 0 aromatic rings. The highest BCUT2D eigenvalue weighted by atomic mass is 16.5. The molecule has 15 heavy (non-hydrogen) atoms. The molecule has 3 nitrogen and oxygen atoms in total. The molecule has 88 valence electrons. The SMILES string of the molecule is NCC1CCCN1CCCC1CCCO1. The molecule has 0 aromatic carbocycles. The van der Waals surface area contributed by atoms with E-state index < -0.39 is 0 Å². The van der Waals surface area contributed by atoms with Crippen LogP contribution in [-0.4, -0.2) is 43.3 Å². The highest BCUT2D eigenvalue weighted by molar-refractivity contribution is 4.79. The predicted molar refractivity (Wildman–Crippen MR) is 61.9 cm³/mol. The van der Waals surface area contributed by atoms with E-state index >= 15 is 0 Å².